The lowest BCUT2D eigenvalue weighted by atomic mass is 10.3. The molecule has 0 unspecified atom stereocenters. The molecule has 10 heteroatoms. The maximum atomic E-state index is 13.4. The summed E-state index contributed by atoms with van der Waals surface area (Å²) in [4.78, 5) is 26.0. The van der Waals surface area contributed by atoms with Crippen molar-refractivity contribution in [3.63, 3.8) is 0 Å². The number of piperazine rings is 1. The van der Waals surface area contributed by atoms with Crippen molar-refractivity contribution in [3.8, 4) is 0 Å². The fraction of sp³-hybridized carbons (Fsp3) is 0.316. The van der Waals surface area contributed by atoms with Gasteiger partial charge in [0.1, 0.15) is 6.54 Å². The molecule has 2 aromatic carbocycles. The number of likely N-dealkylation sites (N-methyl/N-ethyl adjacent to an activating group) is 1. The van der Waals surface area contributed by atoms with E-state index in [1.165, 1.54) is 23.1 Å². The van der Waals surface area contributed by atoms with Crippen LogP contribution in [0.15, 0.2) is 59.5 Å². The van der Waals surface area contributed by atoms with E-state index in [-0.39, 0.29) is 11.6 Å². The first kappa shape index (κ1) is 20.7. The average molecular weight is 419 g/mol. The zero-order valence-electron chi connectivity index (χ0n) is 16.0. The summed E-state index contributed by atoms with van der Waals surface area (Å²) < 4.78 is 27.7. The Morgan fingerprint density at radius 3 is 2.31 bits per heavy atom. The molecule has 0 spiro atoms. The molecule has 29 heavy (non-hydrogen) atoms. The number of sulfonamides is 1. The normalized spacial score (nSPS) is 15.1. The lowest BCUT2D eigenvalue weighted by Gasteiger charge is -2.32. The van der Waals surface area contributed by atoms with Crippen LogP contribution in [0, 0.1) is 10.1 Å². The molecule has 0 bridgehead atoms. The van der Waals surface area contributed by atoms with E-state index in [0.29, 0.717) is 13.1 Å². The maximum Gasteiger partial charge on any atom is 0.289 e. The Bertz CT molecular complexity index is 989. The van der Waals surface area contributed by atoms with Crippen LogP contribution in [-0.2, 0) is 14.8 Å². The Kier molecular flexibility index (Phi) is 6.14. The highest BCUT2D eigenvalue weighted by molar-refractivity contribution is 7.93. The number of benzene rings is 2. The molecule has 3 rings (SSSR count). The van der Waals surface area contributed by atoms with Crippen LogP contribution in [0.3, 0.4) is 0 Å². The Hall–Kier alpha value is -2.98. The number of para-hydroxylation sites is 2. The van der Waals surface area contributed by atoms with Gasteiger partial charge in [-0.1, -0.05) is 30.3 Å². The number of carbonyl (C=O) groups excluding carboxylic acids is 1. The first-order valence-electron chi connectivity index (χ1n) is 9.21. The summed E-state index contributed by atoms with van der Waals surface area (Å²) in [5.41, 5.74) is -0.247. The van der Waals surface area contributed by atoms with Gasteiger partial charge in [0.05, 0.1) is 43.8 Å². The van der Waals surface area contributed by atoms with Gasteiger partial charge < -0.3 is 9.80 Å². The van der Waals surface area contributed by atoms with Crippen LogP contribution >= 0.6 is 0 Å². The van der Waals surface area contributed by atoms with Gasteiger partial charge in [0, 0.05) is 6.07 Å². The predicted octanol–water partition coefficient (Wildman–Crippen LogP) is 0.147. The van der Waals surface area contributed by atoms with Crippen LogP contribution < -0.4 is 9.21 Å². The van der Waals surface area contributed by atoms with Crippen molar-refractivity contribution in [2.75, 3.05) is 44.1 Å². The summed E-state index contributed by atoms with van der Waals surface area (Å²) in [6.07, 6.45) is 0. The number of carbonyl (C=O) groups is 1. The number of nitrogens with one attached hydrogen (secondary N) is 1. The molecule has 0 aromatic heterocycles. The van der Waals surface area contributed by atoms with Gasteiger partial charge in [0.2, 0.25) is 5.91 Å². The fourth-order valence-electron chi connectivity index (χ4n) is 3.21. The molecule has 0 radical (unpaired) electrons. The Morgan fingerprint density at radius 2 is 1.69 bits per heavy atom. The van der Waals surface area contributed by atoms with Crippen LogP contribution in [0.5, 0.6) is 0 Å². The molecule has 1 aliphatic rings. The molecule has 0 saturated carbocycles. The van der Waals surface area contributed by atoms with Gasteiger partial charge in [-0.2, -0.15) is 0 Å². The molecular formula is C19H23N4O5S+. The van der Waals surface area contributed by atoms with Crippen LogP contribution in [-0.4, -0.2) is 63.9 Å². The zero-order valence-corrected chi connectivity index (χ0v) is 16.8. The highest BCUT2D eigenvalue weighted by Gasteiger charge is 2.34. The molecule has 0 atom stereocenters. The first-order valence-corrected chi connectivity index (χ1v) is 10.6. The molecule has 1 heterocycles. The highest BCUT2D eigenvalue weighted by atomic mass is 32.2. The molecule has 1 amide bonds. The average Bonchev–Trinajstić information content (AvgIpc) is 2.72. The summed E-state index contributed by atoms with van der Waals surface area (Å²) in [6, 6.07) is 13.3. The number of nitrogens with zero attached hydrogens (tertiary/aromatic N) is 3. The van der Waals surface area contributed by atoms with Gasteiger partial charge in [-0.25, -0.2) is 8.42 Å². The van der Waals surface area contributed by atoms with Gasteiger partial charge in [0.25, 0.3) is 15.7 Å². The number of amides is 1. The minimum atomic E-state index is -4.34. The molecule has 1 aliphatic heterocycles. The number of nitro benzene ring substituents is 1. The standard InChI is InChI=1S/C19H22N4O5S/c1-20-11-13-21(14-12-20)19(24)15-22(16-7-3-2-4-8-16)29(27,28)18-10-6-5-9-17(18)23(25)26/h2-10H,11-15H2,1H3/p+1. The summed E-state index contributed by atoms with van der Waals surface area (Å²) in [5.74, 6) is -0.330. The minimum Gasteiger partial charge on any atom is -0.334 e. The topological polar surface area (TPSA) is 105 Å². The molecule has 1 saturated heterocycles. The van der Waals surface area contributed by atoms with Crippen LogP contribution in [0.25, 0.3) is 0 Å². The van der Waals surface area contributed by atoms with Crippen LogP contribution in [0.4, 0.5) is 11.4 Å². The summed E-state index contributed by atoms with van der Waals surface area (Å²) >= 11 is 0. The van der Waals surface area contributed by atoms with E-state index in [0.717, 1.165) is 23.5 Å². The second kappa shape index (κ2) is 8.58. The van der Waals surface area contributed by atoms with E-state index < -0.39 is 32.1 Å². The molecule has 154 valence electrons. The van der Waals surface area contributed by atoms with Crippen molar-refractivity contribution in [2.45, 2.75) is 4.90 Å². The number of hydrogen-bond donors (Lipinski definition) is 1. The molecule has 9 nitrogen and oxygen atoms in total. The summed E-state index contributed by atoms with van der Waals surface area (Å²) in [7, 11) is -2.30. The van der Waals surface area contributed by atoms with Crippen molar-refractivity contribution in [1.29, 1.82) is 0 Å². The quantitative estimate of drug-likeness (QED) is 0.530. The minimum absolute atomic E-state index is 0.277. The number of quaternary nitrogens is 1. The van der Waals surface area contributed by atoms with Gasteiger partial charge in [0.15, 0.2) is 4.90 Å². The van der Waals surface area contributed by atoms with Crippen molar-refractivity contribution in [1.82, 2.24) is 4.90 Å². The van der Waals surface area contributed by atoms with E-state index in [4.69, 9.17) is 0 Å². The highest BCUT2D eigenvalue weighted by Crippen LogP contribution is 2.29. The first-order chi connectivity index (χ1) is 13.8. The smallest absolute Gasteiger partial charge is 0.289 e. The van der Waals surface area contributed by atoms with Crippen molar-refractivity contribution in [2.24, 2.45) is 0 Å². The van der Waals surface area contributed by atoms with Crippen LogP contribution in [0.1, 0.15) is 0 Å². The Morgan fingerprint density at radius 1 is 1.10 bits per heavy atom. The van der Waals surface area contributed by atoms with E-state index in [9.17, 15) is 23.3 Å². The van der Waals surface area contributed by atoms with Gasteiger partial charge in [-0.15, -0.1) is 0 Å². The third-order valence-corrected chi connectivity index (χ3v) is 6.74. The SMILES string of the molecule is C[NH+]1CCN(C(=O)CN(c2ccccc2)S(=O)(=O)c2ccccc2[N+](=O)[O-])CC1. The van der Waals surface area contributed by atoms with Gasteiger partial charge in [-0.3, -0.25) is 19.2 Å². The lowest BCUT2D eigenvalue weighted by molar-refractivity contribution is -0.883. The molecule has 1 N–H and O–H groups in total. The summed E-state index contributed by atoms with van der Waals surface area (Å²) in [6.45, 7) is 2.23. The van der Waals surface area contributed by atoms with Gasteiger partial charge >= 0.3 is 0 Å². The number of hydrogen-bond acceptors (Lipinski definition) is 5. The second-order valence-electron chi connectivity index (χ2n) is 6.91. The maximum absolute atomic E-state index is 13.4. The number of anilines is 1. The van der Waals surface area contributed by atoms with E-state index in [1.54, 1.807) is 35.2 Å². The second-order valence-corrected chi connectivity index (χ2v) is 8.74. The fourth-order valence-corrected chi connectivity index (χ4v) is 4.79. The van der Waals surface area contributed by atoms with Crippen LogP contribution in [0.2, 0.25) is 0 Å². The van der Waals surface area contributed by atoms with Gasteiger partial charge in [-0.05, 0) is 18.2 Å². The van der Waals surface area contributed by atoms with Crippen molar-refractivity contribution >= 4 is 27.3 Å². The Balaban J connectivity index is 1.98. The number of nitro groups is 1. The lowest BCUT2D eigenvalue weighted by Crippen LogP contribution is -3.12. The zero-order chi connectivity index (χ0) is 21.0. The van der Waals surface area contributed by atoms with Crippen molar-refractivity contribution in [3.05, 3.63) is 64.7 Å². The van der Waals surface area contributed by atoms with E-state index in [1.807, 2.05) is 7.05 Å². The van der Waals surface area contributed by atoms with E-state index in [2.05, 4.69) is 0 Å². The monoisotopic (exact) mass is 419 g/mol. The van der Waals surface area contributed by atoms with Crippen molar-refractivity contribution < 1.29 is 23.0 Å². The molecular weight excluding hydrogens is 396 g/mol. The Labute approximate surface area is 169 Å². The molecule has 1 fully saturated rings. The van der Waals surface area contributed by atoms with E-state index >= 15 is 0 Å². The third-order valence-electron chi connectivity index (χ3n) is 4.92. The molecule has 2 aromatic rings. The predicted molar refractivity (Wildman–Crippen MR) is 107 cm³/mol. The number of rotatable bonds is 6. The third kappa shape index (κ3) is 4.54. The molecule has 0 aliphatic carbocycles. The largest absolute Gasteiger partial charge is 0.334 e. The summed E-state index contributed by atoms with van der Waals surface area (Å²) in [5, 5.41) is 11.4.